The Balaban J connectivity index is 1.76. The summed E-state index contributed by atoms with van der Waals surface area (Å²) >= 11 is 0. The molecule has 0 atom stereocenters. The van der Waals surface area contributed by atoms with Crippen LogP contribution < -0.4 is 5.32 Å². The molecule has 1 heterocycles. The average Bonchev–Trinajstić information content (AvgIpc) is 3.11. The van der Waals surface area contributed by atoms with Crippen molar-refractivity contribution in [1.29, 1.82) is 0 Å². The lowest BCUT2D eigenvalue weighted by Gasteiger charge is -2.01. The van der Waals surface area contributed by atoms with Crippen LogP contribution in [0.3, 0.4) is 0 Å². The molecule has 0 unspecified atom stereocenters. The van der Waals surface area contributed by atoms with Gasteiger partial charge in [0.1, 0.15) is 0 Å². The van der Waals surface area contributed by atoms with Gasteiger partial charge in [-0.15, -0.1) is 5.10 Å². The quantitative estimate of drug-likeness (QED) is 0.753. The predicted molar refractivity (Wildman–Crippen MR) is 91.9 cm³/mol. The topological polar surface area (TPSA) is 102 Å². The first-order chi connectivity index (χ1) is 12.0. The van der Waals surface area contributed by atoms with E-state index in [1.54, 1.807) is 43.3 Å². The molecule has 0 fully saturated rings. The molecule has 0 spiro atoms. The Morgan fingerprint density at radius 1 is 1.04 bits per heavy atom. The van der Waals surface area contributed by atoms with Gasteiger partial charge in [-0.05, 0) is 36.4 Å². The summed E-state index contributed by atoms with van der Waals surface area (Å²) in [6.45, 7) is 1.59. The van der Waals surface area contributed by atoms with Crippen LogP contribution in [-0.2, 0) is 9.84 Å². The van der Waals surface area contributed by atoms with Gasteiger partial charge in [0, 0.05) is 11.1 Å². The molecule has 0 aliphatic heterocycles. The highest BCUT2D eigenvalue weighted by Gasteiger charge is 2.15. The van der Waals surface area contributed by atoms with Gasteiger partial charge in [0.25, 0.3) is 5.91 Å². The number of nitrogens with one attached hydrogen (secondary N) is 1. The Bertz CT molecular complexity index is 980. The Kier molecular flexibility index (Phi) is 4.62. The zero-order valence-corrected chi connectivity index (χ0v) is 14.2. The number of amides is 1. The van der Waals surface area contributed by atoms with E-state index in [-0.39, 0.29) is 28.5 Å². The lowest BCUT2D eigenvalue weighted by Crippen LogP contribution is -2.11. The minimum atomic E-state index is -3.26. The van der Waals surface area contributed by atoms with Gasteiger partial charge in [-0.25, -0.2) is 8.42 Å². The largest absolute Gasteiger partial charge is 0.403 e. The highest BCUT2D eigenvalue weighted by Crippen LogP contribution is 2.22. The third-order valence-electron chi connectivity index (χ3n) is 3.52. The number of carbonyl (C=O) groups excluding carboxylic acids is 1. The number of nitrogens with zero attached hydrogens (tertiary/aromatic N) is 2. The number of benzene rings is 2. The number of hydrogen-bond donors (Lipinski definition) is 1. The molecule has 7 nitrogen and oxygen atoms in total. The molecular formula is C17H15N3O4S. The predicted octanol–water partition coefficient (Wildman–Crippen LogP) is 2.78. The van der Waals surface area contributed by atoms with Gasteiger partial charge in [-0.1, -0.05) is 30.2 Å². The lowest BCUT2D eigenvalue weighted by molar-refractivity contribution is 0.102. The Morgan fingerprint density at radius 2 is 1.72 bits per heavy atom. The molecule has 3 rings (SSSR count). The fraction of sp³-hybridized carbons (Fsp3) is 0.118. The highest BCUT2D eigenvalue weighted by atomic mass is 32.2. The van der Waals surface area contributed by atoms with E-state index in [0.29, 0.717) is 11.1 Å². The second-order valence-electron chi connectivity index (χ2n) is 5.16. The van der Waals surface area contributed by atoms with E-state index in [1.165, 1.54) is 12.1 Å². The molecule has 3 aromatic rings. The maximum absolute atomic E-state index is 12.0. The van der Waals surface area contributed by atoms with E-state index in [0.717, 1.165) is 0 Å². The summed E-state index contributed by atoms with van der Waals surface area (Å²) in [5.41, 5.74) is 1.03. The van der Waals surface area contributed by atoms with Gasteiger partial charge >= 0.3 is 6.01 Å². The fourth-order valence-electron chi connectivity index (χ4n) is 2.12. The number of aromatic nitrogens is 2. The van der Waals surface area contributed by atoms with Gasteiger partial charge in [0.2, 0.25) is 5.89 Å². The van der Waals surface area contributed by atoms with Crippen LogP contribution in [0, 0.1) is 0 Å². The maximum Gasteiger partial charge on any atom is 0.322 e. The zero-order valence-electron chi connectivity index (χ0n) is 13.3. The molecule has 0 radical (unpaired) electrons. The molecule has 0 aliphatic rings. The minimum absolute atomic E-state index is 0.0303. The van der Waals surface area contributed by atoms with Crippen LogP contribution in [0.25, 0.3) is 11.5 Å². The van der Waals surface area contributed by atoms with E-state index in [4.69, 9.17) is 4.42 Å². The Morgan fingerprint density at radius 3 is 2.36 bits per heavy atom. The normalized spacial score (nSPS) is 11.2. The summed E-state index contributed by atoms with van der Waals surface area (Å²) in [5.74, 6) is -0.147. The second-order valence-corrected chi connectivity index (χ2v) is 7.44. The molecule has 0 saturated heterocycles. The molecule has 1 N–H and O–H groups in total. The molecular weight excluding hydrogens is 342 g/mol. The van der Waals surface area contributed by atoms with Crippen LogP contribution in [0.4, 0.5) is 6.01 Å². The molecule has 25 heavy (non-hydrogen) atoms. The maximum atomic E-state index is 12.0. The smallest absolute Gasteiger partial charge is 0.322 e. The summed E-state index contributed by atoms with van der Waals surface area (Å²) in [6.07, 6.45) is 0. The molecule has 128 valence electrons. The summed E-state index contributed by atoms with van der Waals surface area (Å²) < 4.78 is 29.0. The first-order valence-electron chi connectivity index (χ1n) is 7.52. The van der Waals surface area contributed by atoms with Crippen molar-refractivity contribution in [2.45, 2.75) is 11.8 Å². The van der Waals surface area contributed by atoms with Crippen LogP contribution in [-0.4, -0.2) is 30.3 Å². The van der Waals surface area contributed by atoms with E-state index >= 15 is 0 Å². The van der Waals surface area contributed by atoms with Gasteiger partial charge in [-0.3, -0.25) is 10.1 Å². The number of sulfone groups is 1. The highest BCUT2D eigenvalue weighted by molar-refractivity contribution is 7.91. The standard InChI is InChI=1S/C17H15N3O4S/c1-2-25(22,23)14-10-8-13(9-11-14)16-19-20-17(24-16)18-15(21)12-6-4-3-5-7-12/h3-11H,2H2,1H3,(H,18,20,21). The summed E-state index contributed by atoms with van der Waals surface area (Å²) in [5, 5.41) is 10.2. The van der Waals surface area contributed by atoms with Crippen molar-refractivity contribution in [3.63, 3.8) is 0 Å². The number of carbonyl (C=O) groups is 1. The monoisotopic (exact) mass is 357 g/mol. The Hall–Kier alpha value is -3.00. The van der Waals surface area contributed by atoms with Crippen molar-refractivity contribution in [3.8, 4) is 11.5 Å². The SMILES string of the molecule is CCS(=O)(=O)c1ccc(-c2nnc(NC(=O)c3ccccc3)o2)cc1. The molecule has 0 bridgehead atoms. The first-order valence-corrected chi connectivity index (χ1v) is 9.18. The van der Waals surface area contributed by atoms with Crippen LogP contribution in [0.5, 0.6) is 0 Å². The van der Waals surface area contributed by atoms with Crippen LogP contribution in [0.2, 0.25) is 0 Å². The summed E-state index contributed by atoms with van der Waals surface area (Å²) in [6, 6.07) is 14.7. The van der Waals surface area contributed by atoms with Crippen molar-refractivity contribution < 1.29 is 17.6 Å². The van der Waals surface area contributed by atoms with Gasteiger partial charge < -0.3 is 4.42 Å². The van der Waals surface area contributed by atoms with Crippen molar-refractivity contribution in [3.05, 3.63) is 60.2 Å². The zero-order chi connectivity index (χ0) is 17.9. The molecule has 0 saturated carbocycles. The van der Waals surface area contributed by atoms with Crippen LogP contribution in [0.1, 0.15) is 17.3 Å². The molecule has 2 aromatic carbocycles. The van der Waals surface area contributed by atoms with Gasteiger partial charge in [0.15, 0.2) is 9.84 Å². The average molecular weight is 357 g/mol. The summed E-state index contributed by atoms with van der Waals surface area (Å²) in [7, 11) is -3.26. The molecule has 1 aromatic heterocycles. The number of anilines is 1. The van der Waals surface area contributed by atoms with Crippen LogP contribution in [0.15, 0.2) is 63.9 Å². The van der Waals surface area contributed by atoms with E-state index in [9.17, 15) is 13.2 Å². The molecule has 0 aliphatic carbocycles. The van der Waals surface area contributed by atoms with Gasteiger partial charge in [0.05, 0.1) is 10.6 Å². The third-order valence-corrected chi connectivity index (χ3v) is 5.27. The van der Waals surface area contributed by atoms with Crippen molar-refractivity contribution in [2.75, 3.05) is 11.1 Å². The van der Waals surface area contributed by atoms with E-state index < -0.39 is 9.84 Å². The van der Waals surface area contributed by atoms with Crippen molar-refractivity contribution in [1.82, 2.24) is 10.2 Å². The number of hydrogen-bond acceptors (Lipinski definition) is 6. The van der Waals surface area contributed by atoms with E-state index in [2.05, 4.69) is 15.5 Å². The van der Waals surface area contributed by atoms with E-state index in [1.807, 2.05) is 6.07 Å². The molecule has 8 heteroatoms. The lowest BCUT2D eigenvalue weighted by atomic mass is 10.2. The number of rotatable bonds is 5. The third kappa shape index (κ3) is 3.74. The summed E-state index contributed by atoms with van der Waals surface area (Å²) in [4.78, 5) is 12.3. The van der Waals surface area contributed by atoms with Gasteiger partial charge in [-0.2, -0.15) is 0 Å². The molecule has 1 amide bonds. The van der Waals surface area contributed by atoms with Crippen molar-refractivity contribution in [2.24, 2.45) is 0 Å². The van der Waals surface area contributed by atoms with Crippen LogP contribution >= 0.6 is 0 Å². The minimum Gasteiger partial charge on any atom is -0.403 e. The Labute approximate surface area is 144 Å². The first kappa shape index (κ1) is 16.8. The fourth-order valence-corrected chi connectivity index (χ4v) is 3.00. The van der Waals surface area contributed by atoms with Crippen molar-refractivity contribution >= 4 is 21.8 Å². The second kappa shape index (κ2) is 6.86.